The van der Waals surface area contributed by atoms with Crippen molar-refractivity contribution in [2.45, 2.75) is 6.92 Å². The first kappa shape index (κ1) is 13.1. The molecule has 0 radical (unpaired) electrons. The van der Waals surface area contributed by atoms with Crippen molar-refractivity contribution in [1.29, 1.82) is 0 Å². The first-order valence-corrected chi connectivity index (χ1v) is 5.48. The zero-order valence-corrected chi connectivity index (χ0v) is 10.7. The zero-order valence-electron chi connectivity index (χ0n) is 10.7. The molecule has 1 aromatic carbocycles. The second-order valence-corrected chi connectivity index (χ2v) is 3.99. The number of fused-ring (bicyclic) bond motifs is 1. The minimum absolute atomic E-state index is 0.0889. The number of carbonyl (C=O) groups is 2. The molecule has 0 saturated carbocycles. The van der Waals surface area contributed by atoms with Gasteiger partial charge in [0, 0.05) is 5.39 Å². The van der Waals surface area contributed by atoms with E-state index in [2.05, 4.69) is 14.5 Å². The van der Waals surface area contributed by atoms with Crippen LogP contribution in [-0.4, -0.2) is 31.1 Å². The summed E-state index contributed by atoms with van der Waals surface area (Å²) in [6, 6.07) is 2.54. The highest BCUT2D eigenvalue weighted by atomic mass is 19.1. The highest BCUT2D eigenvalue weighted by Crippen LogP contribution is 2.26. The number of aryl methyl sites for hydroxylation is 1. The average Bonchev–Trinajstić information content (AvgIpc) is 2.75. The maximum atomic E-state index is 13.9. The molecule has 0 saturated heterocycles. The van der Waals surface area contributed by atoms with Crippen molar-refractivity contribution in [2.24, 2.45) is 0 Å². The van der Waals surface area contributed by atoms with Crippen LogP contribution in [0.15, 0.2) is 12.1 Å². The third kappa shape index (κ3) is 2.05. The Kier molecular flexibility index (Phi) is 3.25. The number of H-pyrrole nitrogens is 1. The van der Waals surface area contributed by atoms with Crippen molar-refractivity contribution in [3.05, 3.63) is 34.8 Å². The van der Waals surface area contributed by atoms with E-state index >= 15 is 0 Å². The molecule has 1 N–H and O–H groups in total. The van der Waals surface area contributed by atoms with Gasteiger partial charge in [0.1, 0.15) is 11.5 Å². The number of hydrogen-bond acceptors (Lipinski definition) is 4. The van der Waals surface area contributed by atoms with Crippen LogP contribution in [-0.2, 0) is 9.47 Å². The van der Waals surface area contributed by atoms with E-state index in [0.717, 1.165) is 6.07 Å². The molecule has 0 atom stereocenters. The number of methoxy groups -OCH3 is 2. The van der Waals surface area contributed by atoms with Gasteiger partial charge in [-0.05, 0) is 24.6 Å². The summed E-state index contributed by atoms with van der Waals surface area (Å²) in [5, 5.41) is 0.445. The van der Waals surface area contributed by atoms with Crippen molar-refractivity contribution in [3.63, 3.8) is 0 Å². The van der Waals surface area contributed by atoms with Crippen LogP contribution in [0, 0.1) is 12.7 Å². The van der Waals surface area contributed by atoms with Gasteiger partial charge in [0.25, 0.3) is 0 Å². The number of rotatable bonds is 2. The van der Waals surface area contributed by atoms with Gasteiger partial charge in [-0.25, -0.2) is 14.0 Å². The predicted molar refractivity (Wildman–Crippen MR) is 65.7 cm³/mol. The van der Waals surface area contributed by atoms with Gasteiger partial charge >= 0.3 is 11.9 Å². The Bertz CT molecular complexity index is 675. The largest absolute Gasteiger partial charge is 0.465 e. The molecule has 100 valence electrons. The quantitative estimate of drug-likeness (QED) is 0.845. The second kappa shape index (κ2) is 4.72. The van der Waals surface area contributed by atoms with Gasteiger partial charge in [-0.2, -0.15) is 0 Å². The summed E-state index contributed by atoms with van der Waals surface area (Å²) in [4.78, 5) is 25.6. The van der Waals surface area contributed by atoms with Crippen molar-refractivity contribution in [1.82, 2.24) is 4.98 Å². The van der Waals surface area contributed by atoms with Crippen LogP contribution in [0.3, 0.4) is 0 Å². The molecule has 0 spiro atoms. The summed E-state index contributed by atoms with van der Waals surface area (Å²) in [5.41, 5.74) is 0.932. The van der Waals surface area contributed by atoms with Crippen LogP contribution in [0.25, 0.3) is 10.9 Å². The Hall–Kier alpha value is -2.37. The number of halogens is 1. The first-order valence-electron chi connectivity index (χ1n) is 5.48. The molecule has 6 heteroatoms. The molecular formula is C13H12FNO4. The first-order chi connectivity index (χ1) is 8.99. The third-order valence-corrected chi connectivity index (χ3v) is 2.93. The molecule has 0 unspecified atom stereocenters. The van der Waals surface area contributed by atoms with Gasteiger partial charge in [0.05, 0.1) is 25.3 Å². The Morgan fingerprint density at radius 2 is 1.79 bits per heavy atom. The number of esters is 2. The van der Waals surface area contributed by atoms with Crippen LogP contribution in [0.2, 0.25) is 0 Å². The minimum atomic E-state index is -0.638. The SMILES string of the molecule is COC(=O)c1cc(F)c2[nH]c(C(=O)OC)c(C)c2c1. The van der Waals surface area contributed by atoms with Crippen LogP contribution in [0.4, 0.5) is 4.39 Å². The van der Waals surface area contributed by atoms with E-state index in [0.29, 0.717) is 10.9 Å². The molecule has 2 aromatic rings. The van der Waals surface area contributed by atoms with E-state index in [1.807, 2.05) is 0 Å². The molecule has 1 aromatic heterocycles. The van der Waals surface area contributed by atoms with E-state index in [-0.39, 0.29) is 16.8 Å². The molecule has 0 fully saturated rings. The maximum absolute atomic E-state index is 13.9. The van der Waals surface area contributed by atoms with Gasteiger partial charge in [0.2, 0.25) is 0 Å². The number of carbonyl (C=O) groups excluding carboxylic acids is 2. The Balaban J connectivity index is 2.71. The average molecular weight is 265 g/mol. The summed E-state index contributed by atoms with van der Waals surface area (Å²) in [6.45, 7) is 1.64. The molecule has 19 heavy (non-hydrogen) atoms. The number of benzene rings is 1. The summed E-state index contributed by atoms with van der Waals surface area (Å²) >= 11 is 0. The maximum Gasteiger partial charge on any atom is 0.354 e. The van der Waals surface area contributed by atoms with Gasteiger partial charge in [0.15, 0.2) is 0 Å². The summed E-state index contributed by atoms with van der Waals surface area (Å²) in [7, 11) is 2.46. The van der Waals surface area contributed by atoms with Crippen LogP contribution in [0.5, 0.6) is 0 Å². The normalized spacial score (nSPS) is 10.5. The van der Waals surface area contributed by atoms with E-state index in [1.165, 1.54) is 20.3 Å². The molecule has 0 amide bonds. The fraction of sp³-hybridized carbons (Fsp3) is 0.231. The zero-order chi connectivity index (χ0) is 14.2. The topological polar surface area (TPSA) is 68.4 Å². The summed E-state index contributed by atoms with van der Waals surface area (Å²) in [5.74, 6) is -1.86. The lowest BCUT2D eigenvalue weighted by Gasteiger charge is -2.01. The molecule has 0 aliphatic carbocycles. The highest BCUT2D eigenvalue weighted by molar-refractivity contribution is 6.01. The number of aromatic amines is 1. The van der Waals surface area contributed by atoms with Crippen molar-refractivity contribution >= 4 is 22.8 Å². The number of aromatic nitrogens is 1. The van der Waals surface area contributed by atoms with Gasteiger partial charge < -0.3 is 14.5 Å². The smallest absolute Gasteiger partial charge is 0.354 e. The Labute approximate surface area is 108 Å². The fourth-order valence-corrected chi connectivity index (χ4v) is 1.92. The molecule has 0 aliphatic rings. The van der Waals surface area contributed by atoms with Crippen LogP contribution >= 0.6 is 0 Å². The van der Waals surface area contributed by atoms with Crippen molar-refractivity contribution < 1.29 is 23.5 Å². The second-order valence-electron chi connectivity index (χ2n) is 3.99. The molecule has 0 aliphatic heterocycles. The van der Waals surface area contributed by atoms with Crippen molar-refractivity contribution in [2.75, 3.05) is 14.2 Å². The summed E-state index contributed by atoms with van der Waals surface area (Å²) < 4.78 is 23.1. The van der Waals surface area contributed by atoms with E-state index in [1.54, 1.807) is 6.92 Å². The van der Waals surface area contributed by atoms with Crippen molar-refractivity contribution in [3.8, 4) is 0 Å². The minimum Gasteiger partial charge on any atom is -0.465 e. The van der Waals surface area contributed by atoms with Gasteiger partial charge in [-0.15, -0.1) is 0 Å². The molecule has 2 rings (SSSR count). The van der Waals surface area contributed by atoms with E-state index < -0.39 is 17.8 Å². The lowest BCUT2D eigenvalue weighted by atomic mass is 10.1. The monoisotopic (exact) mass is 265 g/mol. The highest BCUT2D eigenvalue weighted by Gasteiger charge is 2.19. The molecule has 1 heterocycles. The predicted octanol–water partition coefficient (Wildman–Crippen LogP) is 2.19. The lowest BCUT2D eigenvalue weighted by molar-refractivity contribution is 0.0588. The van der Waals surface area contributed by atoms with Crippen LogP contribution in [0.1, 0.15) is 26.4 Å². The van der Waals surface area contributed by atoms with E-state index in [9.17, 15) is 14.0 Å². The number of nitrogens with one attached hydrogen (secondary N) is 1. The van der Waals surface area contributed by atoms with Crippen LogP contribution < -0.4 is 0 Å². The number of hydrogen-bond donors (Lipinski definition) is 1. The third-order valence-electron chi connectivity index (χ3n) is 2.93. The Morgan fingerprint density at radius 3 is 2.37 bits per heavy atom. The standard InChI is InChI=1S/C13H12FNO4/c1-6-8-4-7(12(16)18-2)5-9(14)11(8)15-10(6)13(17)19-3/h4-5,15H,1-3H3. The summed E-state index contributed by atoms with van der Waals surface area (Å²) in [6.07, 6.45) is 0. The Morgan fingerprint density at radius 1 is 1.16 bits per heavy atom. The number of ether oxygens (including phenoxy) is 2. The fourth-order valence-electron chi connectivity index (χ4n) is 1.92. The van der Waals surface area contributed by atoms with Gasteiger partial charge in [-0.1, -0.05) is 0 Å². The molecular weight excluding hydrogens is 253 g/mol. The van der Waals surface area contributed by atoms with E-state index in [4.69, 9.17) is 0 Å². The van der Waals surface area contributed by atoms with Gasteiger partial charge in [-0.3, -0.25) is 0 Å². The lowest BCUT2D eigenvalue weighted by Crippen LogP contribution is -2.03. The molecule has 0 bridgehead atoms. The molecule has 5 nitrogen and oxygen atoms in total.